The minimum absolute atomic E-state index is 0.195. The minimum Gasteiger partial charge on any atom is -0.497 e. The molecule has 0 spiro atoms. The van der Waals surface area contributed by atoms with Crippen LogP contribution in [0.5, 0.6) is 11.5 Å². The Labute approximate surface area is 150 Å². The van der Waals surface area contributed by atoms with Crippen LogP contribution >= 0.6 is 15.9 Å². The highest BCUT2D eigenvalue weighted by Crippen LogP contribution is 2.23. The quantitative estimate of drug-likeness (QED) is 0.698. The van der Waals surface area contributed by atoms with Gasteiger partial charge in [0.25, 0.3) is 5.91 Å². The minimum atomic E-state index is -0.195. The molecule has 0 saturated heterocycles. The Bertz CT molecular complexity index is 673. The van der Waals surface area contributed by atoms with Crippen molar-refractivity contribution in [2.75, 3.05) is 27.4 Å². The van der Waals surface area contributed by atoms with Gasteiger partial charge in [0.15, 0.2) is 0 Å². The molecule has 0 aliphatic heterocycles. The maximum Gasteiger partial charge on any atom is 0.255 e. The second-order valence-electron chi connectivity index (χ2n) is 5.01. The Hall–Kier alpha value is -2.05. The van der Waals surface area contributed by atoms with E-state index in [1.807, 2.05) is 30.3 Å². The van der Waals surface area contributed by atoms with E-state index in [0.717, 1.165) is 15.8 Å². The first kappa shape index (κ1) is 18.3. The van der Waals surface area contributed by atoms with Crippen molar-refractivity contribution in [2.24, 2.45) is 0 Å². The lowest BCUT2D eigenvalue weighted by molar-refractivity contribution is 0.0943. The predicted octanol–water partition coefficient (Wildman–Crippen LogP) is 3.41. The molecule has 128 valence electrons. The third kappa shape index (κ3) is 5.25. The monoisotopic (exact) mass is 393 g/mol. The van der Waals surface area contributed by atoms with E-state index in [0.29, 0.717) is 31.1 Å². The molecular formula is C18H20BrNO4. The molecule has 0 heterocycles. The molecule has 0 saturated carbocycles. The Kier molecular flexibility index (Phi) is 7.08. The van der Waals surface area contributed by atoms with E-state index < -0.39 is 0 Å². The average Bonchev–Trinajstić information content (AvgIpc) is 2.61. The van der Waals surface area contributed by atoms with E-state index in [-0.39, 0.29) is 5.91 Å². The second-order valence-corrected chi connectivity index (χ2v) is 5.93. The van der Waals surface area contributed by atoms with Crippen LogP contribution in [0, 0.1) is 0 Å². The van der Waals surface area contributed by atoms with Crippen molar-refractivity contribution >= 4 is 21.8 Å². The number of hydrogen-bond donors (Lipinski definition) is 1. The number of rotatable bonds is 8. The molecule has 5 nitrogen and oxygen atoms in total. The molecule has 6 heteroatoms. The van der Waals surface area contributed by atoms with E-state index in [4.69, 9.17) is 14.2 Å². The number of ether oxygens (including phenoxy) is 3. The lowest BCUT2D eigenvalue weighted by Gasteiger charge is -2.12. The molecule has 2 aromatic carbocycles. The van der Waals surface area contributed by atoms with Gasteiger partial charge in [-0.3, -0.25) is 4.79 Å². The lowest BCUT2D eigenvalue weighted by Crippen LogP contribution is -2.23. The summed E-state index contributed by atoms with van der Waals surface area (Å²) in [5.74, 6) is 1.12. The Morgan fingerprint density at radius 1 is 1.08 bits per heavy atom. The standard InChI is InChI=1S/C18H20BrNO4/c1-22-9-10-24-17-8-5-14(19)11-16(17)18(21)20-12-13-3-6-15(23-2)7-4-13/h3-8,11H,9-10,12H2,1-2H3,(H,20,21). The van der Waals surface area contributed by atoms with Crippen LogP contribution in [-0.2, 0) is 11.3 Å². The summed E-state index contributed by atoms with van der Waals surface area (Å²) >= 11 is 3.38. The van der Waals surface area contributed by atoms with Gasteiger partial charge in [0.1, 0.15) is 18.1 Å². The molecule has 1 amide bonds. The SMILES string of the molecule is COCCOc1ccc(Br)cc1C(=O)NCc1ccc(OC)cc1. The molecule has 0 aliphatic carbocycles. The maximum absolute atomic E-state index is 12.5. The summed E-state index contributed by atoms with van der Waals surface area (Å²) in [4.78, 5) is 12.5. The summed E-state index contributed by atoms with van der Waals surface area (Å²) in [5.41, 5.74) is 1.47. The highest BCUT2D eigenvalue weighted by molar-refractivity contribution is 9.10. The van der Waals surface area contributed by atoms with E-state index in [2.05, 4.69) is 21.2 Å². The van der Waals surface area contributed by atoms with Gasteiger partial charge in [0.05, 0.1) is 19.3 Å². The highest BCUT2D eigenvalue weighted by atomic mass is 79.9. The summed E-state index contributed by atoms with van der Waals surface area (Å²) < 4.78 is 16.5. The molecule has 0 bridgehead atoms. The largest absolute Gasteiger partial charge is 0.497 e. The van der Waals surface area contributed by atoms with Gasteiger partial charge in [-0.2, -0.15) is 0 Å². The first-order valence-electron chi connectivity index (χ1n) is 7.46. The fourth-order valence-electron chi connectivity index (χ4n) is 2.06. The molecular weight excluding hydrogens is 374 g/mol. The maximum atomic E-state index is 12.5. The van der Waals surface area contributed by atoms with Crippen molar-refractivity contribution in [1.29, 1.82) is 0 Å². The Morgan fingerprint density at radius 3 is 2.50 bits per heavy atom. The summed E-state index contributed by atoms with van der Waals surface area (Å²) in [6.07, 6.45) is 0. The van der Waals surface area contributed by atoms with Crippen LogP contribution in [0.1, 0.15) is 15.9 Å². The van der Waals surface area contributed by atoms with Gasteiger partial charge in [-0.15, -0.1) is 0 Å². The van der Waals surface area contributed by atoms with E-state index in [1.165, 1.54) is 0 Å². The molecule has 0 aromatic heterocycles. The van der Waals surface area contributed by atoms with Gasteiger partial charge in [-0.1, -0.05) is 28.1 Å². The molecule has 0 fully saturated rings. The smallest absolute Gasteiger partial charge is 0.255 e. The summed E-state index contributed by atoms with van der Waals surface area (Å²) in [5, 5.41) is 2.90. The molecule has 0 radical (unpaired) electrons. The number of carbonyl (C=O) groups is 1. The van der Waals surface area contributed by atoms with Crippen LogP contribution in [0.25, 0.3) is 0 Å². The Balaban J connectivity index is 2.03. The average molecular weight is 394 g/mol. The third-order valence-electron chi connectivity index (χ3n) is 3.34. The number of benzene rings is 2. The molecule has 0 unspecified atom stereocenters. The van der Waals surface area contributed by atoms with Crippen LogP contribution in [0.4, 0.5) is 0 Å². The van der Waals surface area contributed by atoms with Gasteiger partial charge in [0, 0.05) is 18.1 Å². The van der Waals surface area contributed by atoms with Gasteiger partial charge in [-0.25, -0.2) is 0 Å². The fraction of sp³-hybridized carbons (Fsp3) is 0.278. The number of hydrogen-bond acceptors (Lipinski definition) is 4. The van der Waals surface area contributed by atoms with Crippen LogP contribution in [0.2, 0.25) is 0 Å². The van der Waals surface area contributed by atoms with Gasteiger partial charge in [0.2, 0.25) is 0 Å². The van der Waals surface area contributed by atoms with Crippen molar-refractivity contribution < 1.29 is 19.0 Å². The first-order valence-corrected chi connectivity index (χ1v) is 8.25. The Morgan fingerprint density at radius 2 is 1.83 bits per heavy atom. The predicted molar refractivity (Wildman–Crippen MR) is 95.7 cm³/mol. The number of nitrogens with one attached hydrogen (secondary N) is 1. The van der Waals surface area contributed by atoms with Gasteiger partial charge >= 0.3 is 0 Å². The van der Waals surface area contributed by atoms with E-state index >= 15 is 0 Å². The summed E-state index contributed by atoms with van der Waals surface area (Å²) in [6.45, 7) is 1.27. The zero-order valence-electron chi connectivity index (χ0n) is 13.7. The second kappa shape index (κ2) is 9.30. The van der Waals surface area contributed by atoms with Crippen molar-refractivity contribution in [1.82, 2.24) is 5.32 Å². The third-order valence-corrected chi connectivity index (χ3v) is 3.84. The number of amides is 1. The van der Waals surface area contributed by atoms with E-state index in [1.54, 1.807) is 26.4 Å². The van der Waals surface area contributed by atoms with Crippen molar-refractivity contribution in [3.63, 3.8) is 0 Å². The summed E-state index contributed by atoms with van der Waals surface area (Å²) in [6, 6.07) is 12.9. The van der Waals surface area contributed by atoms with Crippen molar-refractivity contribution in [3.05, 3.63) is 58.1 Å². The zero-order valence-corrected chi connectivity index (χ0v) is 15.3. The summed E-state index contributed by atoms with van der Waals surface area (Å²) in [7, 11) is 3.22. The van der Waals surface area contributed by atoms with Crippen LogP contribution < -0.4 is 14.8 Å². The number of carbonyl (C=O) groups excluding carboxylic acids is 1. The number of methoxy groups -OCH3 is 2. The first-order chi connectivity index (χ1) is 11.6. The molecule has 0 atom stereocenters. The van der Waals surface area contributed by atoms with Crippen molar-refractivity contribution in [2.45, 2.75) is 6.54 Å². The molecule has 24 heavy (non-hydrogen) atoms. The molecule has 1 N–H and O–H groups in total. The van der Waals surface area contributed by atoms with Crippen LogP contribution in [0.15, 0.2) is 46.9 Å². The van der Waals surface area contributed by atoms with Gasteiger partial charge in [-0.05, 0) is 35.9 Å². The van der Waals surface area contributed by atoms with Crippen LogP contribution in [-0.4, -0.2) is 33.3 Å². The zero-order chi connectivity index (χ0) is 17.4. The lowest BCUT2D eigenvalue weighted by atomic mass is 10.1. The molecule has 2 rings (SSSR count). The number of halogens is 1. The van der Waals surface area contributed by atoms with Crippen molar-refractivity contribution in [3.8, 4) is 11.5 Å². The fourth-order valence-corrected chi connectivity index (χ4v) is 2.42. The van der Waals surface area contributed by atoms with E-state index in [9.17, 15) is 4.79 Å². The van der Waals surface area contributed by atoms with Crippen LogP contribution in [0.3, 0.4) is 0 Å². The molecule has 2 aromatic rings. The molecule has 0 aliphatic rings. The van der Waals surface area contributed by atoms with Gasteiger partial charge < -0.3 is 19.5 Å². The normalized spacial score (nSPS) is 10.3. The topological polar surface area (TPSA) is 56.8 Å². The highest BCUT2D eigenvalue weighted by Gasteiger charge is 2.13.